The average molecular weight is 521 g/mol. The lowest BCUT2D eigenvalue weighted by Gasteiger charge is -2.09. The van der Waals surface area contributed by atoms with E-state index < -0.39 is 0 Å². The van der Waals surface area contributed by atoms with Crippen molar-refractivity contribution in [2.24, 2.45) is 0 Å². The van der Waals surface area contributed by atoms with Crippen LogP contribution in [0.15, 0.2) is 70.8 Å². The summed E-state index contributed by atoms with van der Waals surface area (Å²) in [5.74, 6) is 0.339. The van der Waals surface area contributed by atoms with Crippen molar-refractivity contribution in [2.75, 3.05) is 11.1 Å². The van der Waals surface area contributed by atoms with Crippen molar-refractivity contribution in [3.8, 4) is 0 Å². The van der Waals surface area contributed by atoms with Crippen molar-refractivity contribution >= 4 is 56.8 Å². The first-order valence-corrected chi connectivity index (χ1v) is 11.4. The largest absolute Gasteiger partial charge is 0.345 e. The SMILES string of the molecule is C=CCn1c(CNC(=O)c2ccc(Cl)cc2)nnc1SCC(=O)Nc1ccc(Br)cc1. The van der Waals surface area contributed by atoms with E-state index in [1.165, 1.54) is 11.8 Å². The first-order valence-electron chi connectivity index (χ1n) is 9.21. The molecule has 3 rings (SSSR count). The maximum atomic E-state index is 12.3. The predicted octanol–water partition coefficient (Wildman–Crippen LogP) is 4.54. The maximum absolute atomic E-state index is 12.3. The predicted molar refractivity (Wildman–Crippen MR) is 126 cm³/mol. The average Bonchev–Trinajstić information content (AvgIpc) is 3.14. The van der Waals surface area contributed by atoms with Gasteiger partial charge in [0, 0.05) is 27.3 Å². The first-order chi connectivity index (χ1) is 15.0. The molecule has 1 aromatic heterocycles. The Kier molecular flexibility index (Phi) is 8.27. The summed E-state index contributed by atoms with van der Waals surface area (Å²) < 4.78 is 2.75. The molecule has 7 nitrogen and oxygen atoms in total. The number of halogens is 2. The van der Waals surface area contributed by atoms with E-state index in [0.717, 1.165) is 4.47 Å². The maximum Gasteiger partial charge on any atom is 0.251 e. The molecule has 31 heavy (non-hydrogen) atoms. The highest BCUT2D eigenvalue weighted by atomic mass is 79.9. The van der Waals surface area contributed by atoms with Crippen LogP contribution in [0.1, 0.15) is 16.2 Å². The number of allylic oxidation sites excluding steroid dienone is 1. The van der Waals surface area contributed by atoms with Crippen LogP contribution in [-0.4, -0.2) is 32.3 Å². The van der Waals surface area contributed by atoms with Gasteiger partial charge in [-0.25, -0.2) is 0 Å². The quantitative estimate of drug-likeness (QED) is 0.319. The van der Waals surface area contributed by atoms with E-state index in [2.05, 4.69) is 43.3 Å². The summed E-state index contributed by atoms with van der Waals surface area (Å²) in [6, 6.07) is 14.0. The number of amides is 2. The number of nitrogens with one attached hydrogen (secondary N) is 2. The molecule has 0 aliphatic carbocycles. The molecular formula is C21H19BrClN5O2S. The van der Waals surface area contributed by atoms with Crippen molar-refractivity contribution in [3.05, 3.63) is 82.1 Å². The number of hydrogen-bond donors (Lipinski definition) is 2. The molecule has 10 heteroatoms. The molecule has 3 aromatic rings. The number of anilines is 1. The van der Waals surface area contributed by atoms with Gasteiger partial charge in [0.15, 0.2) is 11.0 Å². The summed E-state index contributed by atoms with van der Waals surface area (Å²) in [5, 5.41) is 15.1. The van der Waals surface area contributed by atoms with Crippen LogP contribution in [0.2, 0.25) is 5.02 Å². The summed E-state index contributed by atoms with van der Waals surface area (Å²) in [6.45, 7) is 4.40. The van der Waals surface area contributed by atoms with Gasteiger partial charge in [0.1, 0.15) is 0 Å². The van der Waals surface area contributed by atoms with Crippen LogP contribution in [0.3, 0.4) is 0 Å². The van der Waals surface area contributed by atoms with E-state index in [-0.39, 0.29) is 24.1 Å². The molecule has 2 N–H and O–H groups in total. The Bertz CT molecular complexity index is 1070. The molecule has 0 unspecified atom stereocenters. The minimum Gasteiger partial charge on any atom is -0.345 e. The fraction of sp³-hybridized carbons (Fsp3) is 0.143. The van der Waals surface area contributed by atoms with Crippen LogP contribution in [0.5, 0.6) is 0 Å². The molecular weight excluding hydrogens is 502 g/mol. The third kappa shape index (κ3) is 6.68. The number of hydrogen-bond acceptors (Lipinski definition) is 5. The summed E-state index contributed by atoms with van der Waals surface area (Å²) >= 11 is 10.5. The van der Waals surface area contributed by atoms with E-state index in [0.29, 0.717) is 33.8 Å². The number of nitrogens with zero attached hydrogens (tertiary/aromatic N) is 3. The van der Waals surface area contributed by atoms with Gasteiger partial charge in [-0.1, -0.05) is 45.4 Å². The number of aromatic nitrogens is 3. The monoisotopic (exact) mass is 519 g/mol. The zero-order chi connectivity index (χ0) is 22.2. The van der Waals surface area contributed by atoms with E-state index in [4.69, 9.17) is 11.6 Å². The normalized spacial score (nSPS) is 10.5. The number of carbonyl (C=O) groups is 2. The molecule has 0 radical (unpaired) electrons. The number of benzene rings is 2. The third-order valence-corrected chi connectivity index (χ3v) is 5.83. The van der Waals surface area contributed by atoms with Crippen LogP contribution in [0, 0.1) is 0 Å². The lowest BCUT2D eigenvalue weighted by molar-refractivity contribution is -0.113. The van der Waals surface area contributed by atoms with Crippen molar-refractivity contribution < 1.29 is 9.59 Å². The topological polar surface area (TPSA) is 88.9 Å². The third-order valence-electron chi connectivity index (χ3n) is 4.08. The van der Waals surface area contributed by atoms with E-state index in [1.54, 1.807) is 30.3 Å². The Hall–Kier alpha value is -2.62. The van der Waals surface area contributed by atoms with Gasteiger partial charge < -0.3 is 15.2 Å². The lowest BCUT2D eigenvalue weighted by Crippen LogP contribution is -2.24. The highest BCUT2D eigenvalue weighted by Gasteiger charge is 2.15. The van der Waals surface area contributed by atoms with Crippen molar-refractivity contribution in [1.82, 2.24) is 20.1 Å². The minimum atomic E-state index is -0.243. The van der Waals surface area contributed by atoms with E-state index >= 15 is 0 Å². The summed E-state index contributed by atoms with van der Waals surface area (Å²) in [7, 11) is 0. The molecule has 0 saturated carbocycles. The molecule has 2 amide bonds. The number of thioether (sulfide) groups is 1. The van der Waals surface area contributed by atoms with Crippen LogP contribution < -0.4 is 10.6 Å². The Labute approximate surface area is 197 Å². The van der Waals surface area contributed by atoms with Crippen LogP contribution >= 0.6 is 39.3 Å². The smallest absolute Gasteiger partial charge is 0.251 e. The van der Waals surface area contributed by atoms with Crippen LogP contribution in [-0.2, 0) is 17.9 Å². The number of carbonyl (C=O) groups excluding carboxylic acids is 2. The van der Waals surface area contributed by atoms with Gasteiger partial charge in [-0.3, -0.25) is 9.59 Å². The second kappa shape index (κ2) is 11.1. The van der Waals surface area contributed by atoms with Gasteiger partial charge in [-0.15, -0.1) is 16.8 Å². The molecule has 160 valence electrons. The van der Waals surface area contributed by atoms with Gasteiger partial charge in [0.25, 0.3) is 5.91 Å². The van der Waals surface area contributed by atoms with Crippen molar-refractivity contribution in [2.45, 2.75) is 18.2 Å². The molecule has 2 aromatic carbocycles. The lowest BCUT2D eigenvalue weighted by atomic mass is 10.2. The first kappa shape index (κ1) is 23.1. The Balaban J connectivity index is 1.59. The highest BCUT2D eigenvalue weighted by molar-refractivity contribution is 9.10. The molecule has 0 bridgehead atoms. The molecule has 1 heterocycles. The highest BCUT2D eigenvalue weighted by Crippen LogP contribution is 2.19. The molecule has 0 saturated heterocycles. The Morgan fingerprint density at radius 2 is 1.84 bits per heavy atom. The van der Waals surface area contributed by atoms with Gasteiger partial charge in [-0.2, -0.15) is 0 Å². The number of rotatable bonds is 9. The van der Waals surface area contributed by atoms with Gasteiger partial charge in [-0.05, 0) is 48.5 Å². The Morgan fingerprint density at radius 3 is 2.52 bits per heavy atom. The summed E-state index contributed by atoms with van der Waals surface area (Å²) in [4.78, 5) is 24.6. The van der Waals surface area contributed by atoms with Crippen LogP contribution in [0.25, 0.3) is 0 Å². The molecule has 0 spiro atoms. The fourth-order valence-corrected chi connectivity index (χ4v) is 3.75. The standard InChI is InChI=1S/C21H19BrClN5O2S/c1-2-11-28-18(12-24-20(30)14-3-7-16(23)8-4-14)26-27-21(28)31-13-19(29)25-17-9-5-15(22)6-10-17/h2-10H,1,11-13H2,(H,24,30)(H,25,29). The van der Waals surface area contributed by atoms with Gasteiger partial charge >= 0.3 is 0 Å². The van der Waals surface area contributed by atoms with E-state index in [9.17, 15) is 9.59 Å². The fourth-order valence-electron chi connectivity index (χ4n) is 2.59. The minimum absolute atomic E-state index is 0.155. The van der Waals surface area contributed by atoms with Crippen molar-refractivity contribution in [1.29, 1.82) is 0 Å². The summed E-state index contributed by atoms with van der Waals surface area (Å²) in [5.41, 5.74) is 1.21. The zero-order valence-electron chi connectivity index (χ0n) is 16.3. The molecule has 0 aliphatic heterocycles. The molecule has 0 atom stereocenters. The Morgan fingerprint density at radius 1 is 1.13 bits per heavy atom. The molecule has 0 fully saturated rings. The second-order valence-electron chi connectivity index (χ2n) is 6.33. The van der Waals surface area contributed by atoms with Gasteiger partial charge in [0.2, 0.25) is 5.91 Å². The second-order valence-corrected chi connectivity index (χ2v) is 8.63. The van der Waals surface area contributed by atoms with E-state index in [1.807, 2.05) is 28.8 Å². The molecule has 0 aliphatic rings. The summed E-state index contributed by atoms with van der Waals surface area (Å²) in [6.07, 6.45) is 1.71. The zero-order valence-corrected chi connectivity index (χ0v) is 19.5. The van der Waals surface area contributed by atoms with Crippen LogP contribution in [0.4, 0.5) is 5.69 Å². The van der Waals surface area contributed by atoms with Gasteiger partial charge in [0.05, 0.1) is 12.3 Å². The van der Waals surface area contributed by atoms with Crippen molar-refractivity contribution in [3.63, 3.8) is 0 Å².